The lowest BCUT2D eigenvalue weighted by atomic mass is 9.75. The number of rotatable bonds is 5. The van der Waals surface area contributed by atoms with Crippen molar-refractivity contribution in [3.8, 4) is 5.69 Å². The first-order valence-corrected chi connectivity index (χ1v) is 14.3. The number of esters is 1. The molecule has 4 heterocycles. The molecule has 3 aromatic carbocycles. The van der Waals surface area contributed by atoms with E-state index in [1.54, 1.807) is 47.9 Å². The third kappa shape index (κ3) is 3.49. The minimum atomic E-state index is -1.18. The van der Waals surface area contributed by atoms with Crippen LogP contribution in [-0.4, -0.2) is 40.0 Å². The van der Waals surface area contributed by atoms with Crippen LogP contribution in [0.25, 0.3) is 16.6 Å². The lowest BCUT2D eigenvalue weighted by Gasteiger charge is -2.32. The summed E-state index contributed by atoms with van der Waals surface area (Å²) in [6, 6.07) is 20.7. The first-order valence-electron chi connectivity index (χ1n) is 14.3. The number of nitrogens with zero attached hydrogens (tertiary/aromatic N) is 3. The predicted octanol–water partition coefficient (Wildman–Crippen LogP) is 3.94. The highest BCUT2D eigenvalue weighted by atomic mass is 16.5. The molecule has 1 aromatic heterocycles. The Bertz CT molecular complexity index is 1850. The van der Waals surface area contributed by atoms with Crippen LogP contribution in [0.15, 0.2) is 77.6 Å². The van der Waals surface area contributed by atoms with E-state index in [4.69, 9.17) is 9.72 Å². The number of carbonyl (C=O) groups excluding carboxylic acids is 3. The van der Waals surface area contributed by atoms with Crippen LogP contribution in [0.2, 0.25) is 0 Å². The fourth-order valence-electron chi connectivity index (χ4n) is 7.14. The van der Waals surface area contributed by atoms with Gasteiger partial charge in [-0.3, -0.25) is 24.3 Å². The summed E-state index contributed by atoms with van der Waals surface area (Å²) >= 11 is 0. The van der Waals surface area contributed by atoms with Gasteiger partial charge in [-0.05, 0) is 61.7 Å². The summed E-state index contributed by atoms with van der Waals surface area (Å²) in [5.41, 5.74) is 1.28. The second-order valence-electron chi connectivity index (χ2n) is 11.6. The van der Waals surface area contributed by atoms with E-state index in [0.717, 1.165) is 5.56 Å². The monoisotopic (exact) mass is 562 g/mol. The Hall–Kier alpha value is -4.63. The van der Waals surface area contributed by atoms with Crippen molar-refractivity contribution in [2.75, 3.05) is 11.5 Å². The normalized spacial score (nSPS) is 24.0. The Balaban J connectivity index is 1.43. The molecule has 0 unspecified atom stereocenters. The van der Waals surface area contributed by atoms with E-state index in [1.165, 1.54) is 4.90 Å². The summed E-state index contributed by atoms with van der Waals surface area (Å²) in [5.74, 6) is -1.98. The summed E-state index contributed by atoms with van der Waals surface area (Å²) in [6.45, 7) is 6.15. The van der Waals surface area contributed by atoms with Crippen LogP contribution < -0.4 is 15.8 Å². The maximum absolute atomic E-state index is 14.5. The number of hydrogen-bond donors (Lipinski definition) is 1. The first-order chi connectivity index (χ1) is 20.3. The summed E-state index contributed by atoms with van der Waals surface area (Å²) < 4.78 is 6.69. The van der Waals surface area contributed by atoms with Crippen LogP contribution in [-0.2, 0) is 19.9 Å². The zero-order valence-electron chi connectivity index (χ0n) is 23.5. The molecule has 4 atom stereocenters. The van der Waals surface area contributed by atoms with E-state index in [-0.39, 0.29) is 35.9 Å². The van der Waals surface area contributed by atoms with Gasteiger partial charge in [-0.25, -0.2) is 14.7 Å². The van der Waals surface area contributed by atoms with Crippen LogP contribution in [0.4, 0.5) is 5.69 Å². The number of anilines is 1. The number of benzene rings is 3. The summed E-state index contributed by atoms with van der Waals surface area (Å²) in [4.78, 5) is 61.2. The third-order valence-electron chi connectivity index (χ3n) is 8.72. The molecule has 4 aromatic rings. The van der Waals surface area contributed by atoms with Crippen molar-refractivity contribution < 1.29 is 19.1 Å². The number of amides is 2. The van der Waals surface area contributed by atoms with Gasteiger partial charge in [-0.1, -0.05) is 44.2 Å². The molecule has 2 saturated heterocycles. The molecule has 2 fully saturated rings. The molecule has 3 aliphatic heterocycles. The molecule has 7 rings (SSSR count). The largest absolute Gasteiger partial charge is 0.462 e. The van der Waals surface area contributed by atoms with Crippen molar-refractivity contribution in [2.45, 2.75) is 38.8 Å². The van der Waals surface area contributed by atoms with Crippen LogP contribution in [0.3, 0.4) is 0 Å². The zero-order valence-corrected chi connectivity index (χ0v) is 23.5. The van der Waals surface area contributed by atoms with E-state index in [1.807, 2.05) is 36.4 Å². The van der Waals surface area contributed by atoms with Gasteiger partial charge in [-0.2, -0.15) is 0 Å². The van der Waals surface area contributed by atoms with Gasteiger partial charge < -0.3 is 4.74 Å². The Morgan fingerprint density at radius 2 is 1.69 bits per heavy atom. The Morgan fingerprint density at radius 3 is 2.43 bits per heavy atom. The Labute approximate surface area is 242 Å². The molecule has 2 amide bonds. The van der Waals surface area contributed by atoms with Crippen molar-refractivity contribution in [3.63, 3.8) is 0 Å². The smallest absolute Gasteiger partial charge is 0.338 e. The van der Waals surface area contributed by atoms with E-state index < -0.39 is 23.3 Å². The average molecular weight is 563 g/mol. The van der Waals surface area contributed by atoms with Gasteiger partial charge in [0.2, 0.25) is 11.8 Å². The number of nitrogens with one attached hydrogen (secondary N) is 1. The highest BCUT2D eigenvalue weighted by molar-refractivity contribution is 6.23. The molecule has 42 heavy (non-hydrogen) atoms. The van der Waals surface area contributed by atoms with E-state index in [2.05, 4.69) is 19.2 Å². The van der Waals surface area contributed by atoms with E-state index in [9.17, 15) is 19.2 Å². The summed E-state index contributed by atoms with van der Waals surface area (Å²) in [6.07, 6.45) is 0.650. The van der Waals surface area contributed by atoms with Crippen molar-refractivity contribution in [2.24, 2.45) is 17.8 Å². The second kappa shape index (κ2) is 9.46. The number of hydrogen-bond acceptors (Lipinski definition) is 7. The number of para-hydroxylation sites is 2. The second-order valence-corrected chi connectivity index (χ2v) is 11.6. The van der Waals surface area contributed by atoms with E-state index >= 15 is 0 Å². The van der Waals surface area contributed by atoms with Gasteiger partial charge in [-0.15, -0.1) is 0 Å². The van der Waals surface area contributed by atoms with Crippen LogP contribution in [0.1, 0.15) is 48.9 Å². The van der Waals surface area contributed by atoms with Gasteiger partial charge in [0, 0.05) is 11.6 Å². The van der Waals surface area contributed by atoms with E-state index in [0.29, 0.717) is 40.1 Å². The zero-order chi connectivity index (χ0) is 29.3. The fraction of sp³-hybridized carbons (Fsp3) is 0.303. The van der Waals surface area contributed by atoms with Gasteiger partial charge in [0.15, 0.2) is 0 Å². The molecule has 1 N–H and O–H groups in total. The number of imide groups is 1. The molecule has 0 bridgehead atoms. The molecule has 0 radical (unpaired) electrons. The average Bonchev–Trinajstić information content (AvgIpc) is 3.56. The third-order valence-corrected chi connectivity index (χ3v) is 8.72. The summed E-state index contributed by atoms with van der Waals surface area (Å²) in [7, 11) is 0. The fourth-order valence-corrected chi connectivity index (χ4v) is 7.14. The molecular weight excluding hydrogens is 532 g/mol. The van der Waals surface area contributed by atoms with Crippen molar-refractivity contribution >= 4 is 34.4 Å². The van der Waals surface area contributed by atoms with Crippen molar-refractivity contribution in [3.05, 3.63) is 100 Å². The van der Waals surface area contributed by atoms with Gasteiger partial charge in [0.1, 0.15) is 11.4 Å². The highest BCUT2D eigenvalue weighted by Gasteiger charge is 2.69. The topological polar surface area (TPSA) is 111 Å². The van der Waals surface area contributed by atoms with Gasteiger partial charge in [0.05, 0.1) is 46.3 Å². The maximum Gasteiger partial charge on any atom is 0.338 e. The summed E-state index contributed by atoms with van der Waals surface area (Å²) in [5, 5.41) is 4.21. The van der Waals surface area contributed by atoms with Gasteiger partial charge >= 0.3 is 5.97 Å². The lowest BCUT2D eigenvalue weighted by molar-refractivity contribution is -0.123. The SMILES string of the molecule is CCOC(=O)c1ccc(N2C(=O)[C@H]3[C@H](CC(C)C)N[C@]4(c5ccccc5-n5c4nc4ccccc4c5=O)[C@H]3C2=O)cc1. The van der Waals surface area contributed by atoms with Crippen molar-refractivity contribution in [1.29, 1.82) is 0 Å². The first kappa shape index (κ1) is 26.3. The molecule has 9 heteroatoms. The molecule has 0 saturated carbocycles. The lowest BCUT2D eigenvalue weighted by Crippen LogP contribution is -2.50. The molecule has 1 spiro atoms. The minimum Gasteiger partial charge on any atom is -0.462 e. The molecule has 0 aliphatic carbocycles. The molecule has 212 valence electrons. The molecular formula is C33H30N4O5. The van der Waals surface area contributed by atoms with Crippen molar-refractivity contribution in [1.82, 2.24) is 14.9 Å². The predicted molar refractivity (Wildman–Crippen MR) is 156 cm³/mol. The number of ether oxygens (including phenoxy) is 1. The highest BCUT2D eigenvalue weighted by Crippen LogP contribution is 2.56. The quantitative estimate of drug-likeness (QED) is 0.290. The number of fused-ring (bicyclic) bond motifs is 8. The molecule has 9 nitrogen and oxygen atoms in total. The number of aromatic nitrogens is 2. The molecule has 3 aliphatic rings. The van der Waals surface area contributed by atoms with Crippen LogP contribution in [0, 0.1) is 17.8 Å². The Morgan fingerprint density at radius 1 is 0.976 bits per heavy atom. The van der Waals surface area contributed by atoms with Crippen LogP contribution >= 0.6 is 0 Å². The maximum atomic E-state index is 14.5. The Kier molecular flexibility index (Phi) is 5.92. The minimum absolute atomic E-state index is 0.214. The van der Waals surface area contributed by atoms with Crippen LogP contribution in [0.5, 0.6) is 0 Å². The van der Waals surface area contributed by atoms with Gasteiger partial charge in [0.25, 0.3) is 5.56 Å². The number of carbonyl (C=O) groups is 3. The standard InChI is InChI=1S/C33H30N4O5/c1-4-42-31(41)19-13-15-20(16-14-19)36-29(39)26-24(17-18(2)3)35-33(27(26)30(36)40)22-10-6-8-12-25(22)37-28(38)21-9-5-7-11-23(21)34-32(33)37/h5-16,18,24,26-27,35H,4,17H2,1-3H3/t24-,26-,27+,33+/m0/s1.